The molecule has 25 nitrogen and oxygen atoms in total. The number of azo groups is 6. The average molecular weight is 1460 g/mol. The summed E-state index contributed by atoms with van der Waals surface area (Å²) in [4.78, 5) is 44.0. The van der Waals surface area contributed by atoms with Crippen molar-refractivity contribution in [2.24, 2.45) is 61.4 Å². The molecular formula is C70H79BrK2N12O13. The zero-order chi connectivity index (χ0) is 70.3. The van der Waals surface area contributed by atoms with Crippen LogP contribution in [0.2, 0.25) is 0 Å². The number of halogens is 1. The summed E-state index contributed by atoms with van der Waals surface area (Å²) in [5.41, 5.74) is 10.1. The molecule has 0 fully saturated rings. The van der Waals surface area contributed by atoms with E-state index in [2.05, 4.69) is 96.4 Å². The minimum atomic E-state index is -0.207. The molecule has 0 aliphatic rings. The number of benzene rings is 8. The minimum absolute atomic E-state index is 0. The van der Waals surface area contributed by atoms with Gasteiger partial charge in [-0.3, -0.25) is 19.2 Å². The zero-order valence-electron chi connectivity index (χ0n) is 58.0. The van der Waals surface area contributed by atoms with Crippen molar-refractivity contribution in [2.45, 2.75) is 79.1 Å². The van der Waals surface area contributed by atoms with Crippen molar-refractivity contribution in [2.75, 3.05) is 39.9 Å². The van der Waals surface area contributed by atoms with E-state index in [0.717, 1.165) is 77.9 Å². The second-order valence-corrected chi connectivity index (χ2v) is 20.7. The van der Waals surface area contributed by atoms with E-state index in [0.29, 0.717) is 89.4 Å². The number of nitrogens with zero attached hydrogens (tertiary/aromatic N) is 12. The first-order chi connectivity index (χ1) is 47.2. The summed E-state index contributed by atoms with van der Waals surface area (Å²) in [7, 11) is 4.19. The third kappa shape index (κ3) is 36.1. The first kappa shape index (κ1) is 84.4. The van der Waals surface area contributed by atoms with E-state index in [1.165, 1.54) is 21.3 Å². The normalized spacial score (nSPS) is 10.7. The molecule has 0 bridgehead atoms. The summed E-state index contributed by atoms with van der Waals surface area (Å²) in [6, 6.07) is 53.4. The number of esters is 3. The van der Waals surface area contributed by atoms with Gasteiger partial charge in [0.05, 0.1) is 103 Å². The summed E-state index contributed by atoms with van der Waals surface area (Å²) in [6.07, 6.45) is 6.26. The predicted molar refractivity (Wildman–Crippen MR) is 369 cm³/mol. The molecule has 0 amide bonds. The number of unbranched alkanes of at least 4 members (excludes halogenated alkanes) is 3. The summed E-state index contributed by atoms with van der Waals surface area (Å²) < 4.78 is 35.1. The molecule has 0 unspecified atom stereocenters. The van der Waals surface area contributed by atoms with Gasteiger partial charge in [-0.05, 0) is 245 Å². The van der Waals surface area contributed by atoms with Crippen LogP contribution >= 0.6 is 15.9 Å². The number of aryl methyl sites for hydroxylation is 2. The second-order valence-electron chi connectivity index (χ2n) is 19.9. The summed E-state index contributed by atoms with van der Waals surface area (Å²) >= 11 is 3.27. The molecule has 0 aliphatic carbocycles. The molecule has 506 valence electrons. The van der Waals surface area contributed by atoms with Gasteiger partial charge in [0, 0.05) is 27.6 Å². The van der Waals surface area contributed by atoms with Crippen LogP contribution in [0.25, 0.3) is 0 Å². The number of carbonyl (C=O) groups excluding carboxylic acids is 4. The summed E-state index contributed by atoms with van der Waals surface area (Å²) in [5.74, 6) is 1.31. The number of methoxy groups -OCH3 is 3. The van der Waals surface area contributed by atoms with Crippen molar-refractivity contribution in [1.82, 2.24) is 0 Å². The Balaban J connectivity index is 0.00000166. The van der Waals surface area contributed by atoms with Gasteiger partial charge < -0.3 is 45.5 Å². The van der Waals surface area contributed by atoms with Crippen LogP contribution in [0.15, 0.2) is 243 Å². The van der Waals surface area contributed by atoms with Gasteiger partial charge in [0.15, 0.2) is 0 Å². The Bertz CT molecular complexity index is 3840. The third-order valence-corrected chi connectivity index (χ3v) is 13.2. The van der Waals surface area contributed by atoms with Gasteiger partial charge in [0.1, 0.15) is 23.0 Å². The molecule has 28 heteroatoms. The number of rotatable bonds is 29. The number of hydrogen-bond acceptors (Lipinski definition) is 25. The monoisotopic (exact) mass is 1450 g/mol. The van der Waals surface area contributed by atoms with Gasteiger partial charge in [-0.25, -0.2) is 0 Å². The van der Waals surface area contributed by atoms with Crippen molar-refractivity contribution in [3.63, 3.8) is 0 Å². The maximum atomic E-state index is 11.2. The summed E-state index contributed by atoms with van der Waals surface area (Å²) in [5, 5.41) is 79.3. The Morgan fingerprint density at radius 3 is 0.908 bits per heavy atom. The first-order valence-corrected chi connectivity index (χ1v) is 30.8. The van der Waals surface area contributed by atoms with E-state index >= 15 is 0 Å². The predicted octanol–water partition coefficient (Wildman–Crippen LogP) is 14.5. The Morgan fingerprint density at radius 1 is 0.418 bits per heavy atom. The van der Waals surface area contributed by atoms with E-state index in [9.17, 15) is 24.6 Å². The van der Waals surface area contributed by atoms with Crippen molar-refractivity contribution in [1.29, 1.82) is 0 Å². The Labute approximate surface area is 667 Å². The molecule has 0 aromatic heterocycles. The summed E-state index contributed by atoms with van der Waals surface area (Å²) in [6.45, 7) is 4.74. The second kappa shape index (κ2) is 51.4. The average Bonchev–Trinajstić information content (AvgIpc) is 0.898. The number of hydrogen-bond donors (Lipinski definition) is 2. The molecule has 8 aromatic rings. The minimum Gasteiger partial charge on any atom is -1.00 e. The molecule has 0 atom stereocenters. The van der Waals surface area contributed by atoms with E-state index < -0.39 is 0 Å². The van der Waals surface area contributed by atoms with Crippen LogP contribution in [0.3, 0.4) is 0 Å². The topological polar surface area (TPSA) is 336 Å². The van der Waals surface area contributed by atoms with Crippen LogP contribution in [-0.2, 0) is 38.3 Å². The fraction of sp³-hybridized carbons (Fsp3) is 0.257. The molecule has 0 heterocycles. The molecule has 2 N–H and O–H groups in total. The number of alkyl halides is 1. The van der Waals surface area contributed by atoms with Gasteiger partial charge in [0.25, 0.3) is 6.47 Å². The van der Waals surface area contributed by atoms with Crippen LogP contribution < -0.4 is 118 Å². The van der Waals surface area contributed by atoms with Gasteiger partial charge >= 0.3 is 121 Å². The third-order valence-electron chi connectivity index (χ3n) is 12.7. The molecule has 8 aromatic carbocycles. The molecule has 98 heavy (non-hydrogen) atoms. The van der Waals surface area contributed by atoms with Gasteiger partial charge in [-0.1, -0.05) is 23.4 Å². The molecule has 8 rings (SSSR count). The van der Waals surface area contributed by atoms with Crippen LogP contribution in [0.4, 0.5) is 68.2 Å². The van der Waals surface area contributed by atoms with Crippen molar-refractivity contribution < 1.29 is 170 Å². The van der Waals surface area contributed by atoms with Crippen molar-refractivity contribution >= 4 is 109 Å². The van der Waals surface area contributed by atoms with Gasteiger partial charge in [-0.15, -0.1) is 0 Å². The smallest absolute Gasteiger partial charge is 1.00 e. The van der Waals surface area contributed by atoms with Gasteiger partial charge in [-0.2, -0.15) is 61.4 Å². The van der Waals surface area contributed by atoms with Crippen LogP contribution in [-0.4, -0.2) is 74.5 Å². The fourth-order valence-electron chi connectivity index (χ4n) is 7.53. The van der Waals surface area contributed by atoms with Crippen LogP contribution in [0, 0.1) is 13.8 Å². The Kier molecular flexibility index (Phi) is 44.2. The zero-order valence-corrected chi connectivity index (χ0v) is 62.8. The fourth-order valence-corrected chi connectivity index (χ4v) is 7.93. The number of ether oxygens (including phenoxy) is 5. The molecular weight excluding hydrogens is 1370 g/mol. The van der Waals surface area contributed by atoms with E-state index in [4.69, 9.17) is 22.5 Å². The number of aromatic hydroxyl groups is 2. The standard InChI is InChI=1S/C37H40N6O6.C25H20N6O2.C6H11BrO2.CH2O3.CH4.2K.H2.H/c1-27-26-32(42-40-31-16-21-34(22-17-31)49-25-7-5-9-37(45)47-3)18-23-35(27)43-41-29-12-10-28(11-13-29)38-39-30-14-19-33(20-15-30)48-24-6-4-8-36(44)46-2;1-17-16-22(30-28-21-8-13-24(33)14-9-21)10-15-25(17)31-29-19-4-2-18(3-5-19)26-27-20-6-11-23(32)12-7-20;1-9-6(8)4-2-3-5-7;2-1-4-3;;;;;/h10-23,26H,4-9,24-25H2,1-3H3;2-16,32-33H,1H3;2-5H2,1H3;1,3H;1H4;;;1H;/q;;;;;2*+1;;-1/p-1/i;;;;;;;1+1D;. The van der Waals surface area contributed by atoms with Crippen LogP contribution in [0.1, 0.15) is 80.7 Å². The van der Waals surface area contributed by atoms with E-state index in [-0.39, 0.29) is 148 Å². The molecule has 0 saturated carbocycles. The van der Waals surface area contributed by atoms with Gasteiger partial charge in [0.2, 0.25) is 0 Å². The van der Waals surface area contributed by atoms with Crippen molar-refractivity contribution in [3.8, 4) is 23.0 Å². The molecule has 0 aliphatic heterocycles. The van der Waals surface area contributed by atoms with Crippen molar-refractivity contribution in [3.05, 3.63) is 193 Å². The number of carbonyl (C=O) groups is 4. The molecule has 0 saturated heterocycles. The maximum absolute atomic E-state index is 11.2. The number of phenolic OH excluding ortho intramolecular Hbond substituents is 2. The van der Waals surface area contributed by atoms with Crippen LogP contribution in [0.5, 0.6) is 23.0 Å². The first-order valence-electron chi connectivity index (χ1n) is 30.6. The largest absolute Gasteiger partial charge is 1.00 e. The molecule has 0 radical (unpaired) electrons. The van der Waals surface area contributed by atoms with E-state index in [1.54, 1.807) is 60.7 Å². The number of phenols is 2. The van der Waals surface area contributed by atoms with E-state index in [1.807, 2.05) is 135 Å². The Hall–Kier alpha value is -7.85. The quantitative estimate of drug-likeness (QED) is 0.00507. The SMILES string of the molecule is C.COC(=O)CCCCBr.COC(=O)CCCCOc1ccc(N=Nc2ccc(N=Nc3ccc(N=Nc4ccc(OCCCCC(=O)OC)cc4)cc3C)cc2)cc1.Cc1cc(N=Nc2ccc(O)cc2)ccc1N=Nc1ccc(N=Nc2ccc(O)cc2)cc1.O=CO[O-].[2H][2H].[H-].[K+].[K+]. The molecule has 0 spiro atoms. The maximum Gasteiger partial charge on any atom is 1.00 e. The Morgan fingerprint density at radius 2 is 0.653 bits per heavy atom.